The van der Waals surface area contributed by atoms with E-state index in [-0.39, 0.29) is 28.3 Å². The van der Waals surface area contributed by atoms with Crippen LogP contribution in [0.2, 0.25) is 0 Å². The maximum Gasteiger partial charge on any atom is 0.355 e. The molecule has 4 heterocycles. The standard InChI is InChI=1S/C14H13N5O5S2/c1-4-5-2-25-12-8(11(21)19(12)9(5)13(22)24-4)17-10(20)7(18-23)6-3-26-14(15)16-6/h3-4,8,12,23H,2H2,1H3,(H2,15,16)(H,17,20)/b18-7+/t4?,8-,12-/m1/s1. The summed E-state index contributed by atoms with van der Waals surface area (Å²) in [6, 6.07) is -0.835. The first-order valence-corrected chi connectivity index (χ1v) is 9.48. The van der Waals surface area contributed by atoms with Crippen LogP contribution < -0.4 is 11.1 Å². The second-order valence-electron chi connectivity index (χ2n) is 5.80. The van der Waals surface area contributed by atoms with Gasteiger partial charge in [-0.1, -0.05) is 5.16 Å². The number of aromatic nitrogens is 1. The van der Waals surface area contributed by atoms with Crippen molar-refractivity contribution in [1.29, 1.82) is 0 Å². The van der Waals surface area contributed by atoms with Crippen LogP contribution in [-0.2, 0) is 19.1 Å². The summed E-state index contributed by atoms with van der Waals surface area (Å²) in [7, 11) is 0. The molecule has 0 radical (unpaired) electrons. The molecule has 3 aliphatic rings. The number of nitrogen functional groups attached to an aromatic ring is 1. The Balaban J connectivity index is 1.51. The Morgan fingerprint density at radius 3 is 2.96 bits per heavy atom. The lowest BCUT2D eigenvalue weighted by Gasteiger charge is -2.48. The summed E-state index contributed by atoms with van der Waals surface area (Å²) in [5, 5.41) is 15.9. The minimum atomic E-state index is -0.835. The highest BCUT2D eigenvalue weighted by atomic mass is 32.2. The van der Waals surface area contributed by atoms with Crippen molar-refractivity contribution in [2.24, 2.45) is 5.16 Å². The molecule has 1 aromatic rings. The Kier molecular flexibility index (Phi) is 3.88. The first-order chi connectivity index (χ1) is 12.4. The third kappa shape index (κ3) is 2.36. The summed E-state index contributed by atoms with van der Waals surface area (Å²) in [6.45, 7) is 1.76. The van der Waals surface area contributed by atoms with E-state index in [1.165, 1.54) is 22.0 Å². The Morgan fingerprint density at radius 2 is 2.31 bits per heavy atom. The van der Waals surface area contributed by atoms with E-state index in [0.29, 0.717) is 5.75 Å². The lowest BCUT2D eigenvalue weighted by Crippen LogP contribution is -2.70. The minimum absolute atomic E-state index is 0.116. The Hall–Kier alpha value is -2.60. The van der Waals surface area contributed by atoms with Gasteiger partial charge in [-0.3, -0.25) is 14.5 Å². The monoisotopic (exact) mass is 395 g/mol. The SMILES string of the molecule is CC1OC(=O)C2=C1CS[C@@H]1[C@H](NC(=O)/C(=N/O)c3csc(N)n3)C(=O)N21. The molecule has 1 unspecified atom stereocenters. The maximum absolute atomic E-state index is 12.5. The first-order valence-electron chi connectivity index (χ1n) is 7.55. The number of nitrogens with one attached hydrogen (secondary N) is 1. The molecule has 10 nitrogen and oxygen atoms in total. The van der Waals surface area contributed by atoms with Gasteiger partial charge in [0.1, 0.15) is 28.9 Å². The number of nitrogens with zero attached hydrogens (tertiary/aromatic N) is 3. The van der Waals surface area contributed by atoms with Crippen LogP contribution in [0.15, 0.2) is 21.8 Å². The van der Waals surface area contributed by atoms with Crippen molar-refractivity contribution >= 4 is 51.7 Å². The van der Waals surface area contributed by atoms with Crippen LogP contribution in [0.4, 0.5) is 5.13 Å². The lowest BCUT2D eigenvalue weighted by atomic mass is 10.0. The Bertz CT molecular complexity index is 894. The van der Waals surface area contributed by atoms with E-state index in [9.17, 15) is 14.4 Å². The fourth-order valence-corrected chi connectivity index (χ4v) is 5.05. The molecule has 3 aliphatic heterocycles. The molecule has 0 saturated carbocycles. The molecule has 1 saturated heterocycles. The van der Waals surface area contributed by atoms with Gasteiger partial charge in [0.15, 0.2) is 10.8 Å². The minimum Gasteiger partial charge on any atom is -0.453 e. The van der Waals surface area contributed by atoms with Crippen LogP contribution in [0.3, 0.4) is 0 Å². The fourth-order valence-electron chi connectivity index (χ4n) is 3.05. The van der Waals surface area contributed by atoms with Crippen LogP contribution in [0, 0.1) is 0 Å². The number of esters is 1. The molecular weight excluding hydrogens is 382 g/mol. The topological polar surface area (TPSA) is 147 Å². The number of cyclic esters (lactones) is 1. The number of hydrogen-bond donors (Lipinski definition) is 3. The number of amides is 2. The predicted octanol–water partition coefficient (Wildman–Crippen LogP) is -0.497. The van der Waals surface area contributed by atoms with E-state index in [1.54, 1.807) is 6.92 Å². The number of carbonyl (C=O) groups excluding carboxylic acids is 3. The quantitative estimate of drug-likeness (QED) is 0.204. The molecular formula is C14H13N5O5S2. The van der Waals surface area contributed by atoms with Crippen molar-refractivity contribution in [2.75, 3.05) is 11.5 Å². The fraction of sp³-hybridized carbons (Fsp3) is 0.357. The Labute approximate surface area is 155 Å². The number of anilines is 1. The van der Waals surface area contributed by atoms with E-state index < -0.39 is 29.2 Å². The van der Waals surface area contributed by atoms with Crippen molar-refractivity contribution in [3.63, 3.8) is 0 Å². The number of rotatable bonds is 3. The molecule has 0 bridgehead atoms. The van der Waals surface area contributed by atoms with Crippen LogP contribution in [0.5, 0.6) is 0 Å². The van der Waals surface area contributed by atoms with Crippen molar-refractivity contribution in [1.82, 2.24) is 15.2 Å². The molecule has 0 spiro atoms. The zero-order valence-corrected chi connectivity index (χ0v) is 15.0. The molecule has 1 aromatic heterocycles. The summed E-state index contributed by atoms with van der Waals surface area (Å²) >= 11 is 2.52. The van der Waals surface area contributed by atoms with Gasteiger partial charge in [0.25, 0.3) is 11.8 Å². The summed E-state index contributed by atoms with van der Waals surface area (Å²) in [5.41, 5.74) is 6.36. The van der Waals surface area contributed by atoms with Crippen LogP contribution in [-0.4, -0.2) is 61.9 Å². The van der Waals surface area contributed by atoms with Gasteiger partial charge in [0, 0.05) is 16.7 Å². The van der Waals surface area contributed by atoms with E-state index in [0.717, 1.165) is 16.9 Å². The summed E-state index contributed by atoms with van der Waals surface area (Å²) < 4.78 is 5.16. The molecule has 12 heteroatoms. The van der Waals surface area contributed by atoms with E-state index >= 15 is 0 Å². The molecule has 2 amide bonds. The highest BCUT2D eigenvalue weighted by Gasteiger charge is 2.56. The first kappa shape index (κ1) is 16.8. The number of hydrogen-bond acceptors (Lipinski definition) is 10. The number of ether oxygens (including phenoxy) is 1. The molecule has 0 aliphatic carbocycles. The molecule has 4 N–H and O–H groups in total. The van der Waals surface area contributed by atoms with Crippen molar-refractivity contribution < 1.29 is 24.3 Å². The number of oxime groups is 1. The van der Waals surface area contributed by atoms with Crippen LogP contribution in [0.25, 0.3) is 0 Å². The zero-order chi connectivity index (χ0) is 18.6. The summed E-state index contributed by atoms with van der Waals surface area (Å²) in [5.74, 6) is -1.15. The normalized spacial score (nSPS) is 27.7. The number of fused-ring (bicyclic) bond motifs is 2. The van der Waals surface area contributed by atoms with Gasteiger partial charge in [-0.05, 0) is 6.92 Å². The van der Waals surface area contributed by atoms with Crippen molar-refractivity contribution in [2.45, 2.75) is 24.4 Å². The van der Waals surface area contributed by atoms with Gasteiger partial charge >= 0.3 is 5.97 Å². The zero-order valence-electron chi connectivity index (χ0n) is 13.3. The average molecular weight is 395 g/mol. The van der Waals surface area contributed by atoms with Gasteiger partial charge < -0.3 is 21.0 Å². The van der Waals surface area contributed by atoms with Crippen molar-refractivity contribution in [3.8, 4) is 0 Å². The van der Waals surface area contributed by atoms with Gasteiger partial charge in [0.05, 0.1) is 0 Å². The van der Waals surface area contributed by atoms with Gasteiger partial charge in [0.2, 0.25) is 0 Å². The van der Waals surface area contributed by atoms with Crippen LogP contribution >= 0.6 is 23.1 Å². The lowest BCUT2D eigenvalue weighted by molar-refractivity contribution is -0.151. The third-order valence-electron chi connectivity index (χ3n) is 4.33. The second kappa shape index (κ2) is 5.99. The molecule has 3 atom stereocenters. The number of thiazole rings is 1. The summed E-state index contributed by atoms with van der Waals surface area (Å²) in [6.07, 6.45) is -0.351. The second-order valence-corrected chi connectivity index (χ2v) is 7.80. The summed E-state index contributed by atoms with van der Waals surface area (Å²) in [4.78, 5) is 42.1. The number of carbonyl (C=O) groups is 3. The molecule has 4 rings (SSSR count). The highest BCUT2D eigenvalue weighted by Crippen LogP contribution is 2.44. The number of thioether (sulfide) groups is 1. The van der Waals surface area contributed by atoms with Crippen molar-refractivity contribution in [3.05, 3.63) is 22.3 Å². The smallest absolute Gasteiger partial charge is 0.355 e. The number of β-lactam (4-membered cyclic amide) rings is 1. The number of nitrogens with two attached hydrogens (primary N) is 1. The molecule has 0 aromatic carbocycles. The van der Waals surface area contributed by atoms with Gasteiger partial charge in [-0.15, -0.1) is 23.1 Å². The average Bonchev–Trinajstić information content (AvgIpc) is 3.15. The van der Waals surface area contributed by atoms with E-state index in [1.807, 2.05) is 0 Å². The Morgan fingerprint density at radius 1 is 1.54 bits per heavy atom. The van der Waals surface area contributed by atoms with Crippen LogP contribution in [0.1, 0.15) is 12.6 Å². The maximum atomic E-state index is 12.5. The van der Waals surface area contributed by atoms with Gasteiger partial charge in [-0.2, -0.15) is 0 Å². The molecule has 26 heavy (non-hydrogen) atoms. The van der Waals surface area contributed by atoms with E-state index in [4.69, 9.17) is 15.7 Å². The third-order valence-corrected chi connectivity index (χ3v) is 6.31. The predicted molar refractivity (Wildman–Crippen MR) is 92.5 cm³/mol. The highest BCUT2D eigenvalue weighted by molar-refractivity contribution is 8.00. The largest absolute Gasteiger partial charge is 0.453 e. The molecule has 1 fully saturated rings. The van der Waals surface area contributed by atoms with Gasteiger partial charge in [-0.25, -0.2) is 9.78 Å². The van der Waals surface area contributed by atoms with E-state index in [2.05, 4.69) is 15.5 Å². The molecule has 136 valence electrons.